The lowest BCUT2D eigenvalue weighted by Crippen LogP contribution is -2.39. The number of anilines is 2. The van der Waals surface area contributed by atoms with Crippen molar-refractivity contribution < 1.29 is 18.7 Å². The van der Waals surface area contributed by atoms with Crippen LogP contribution in [0.1, 0.15) is 13.3 Å². The molecule has 0 saturated carbocycles. The fourth-order valence-electron chi connectivity index (χ4n) is 2.83. The fraction of sp³-hybridized carbons (Fsp3) is 0.263. The number of carbonyl (C=O) groups excluding carboxylic acids is 2. The van der Waals surface area contributed by atoms with Crippen LogP contribution in [0.4, 0.5) is 20.6 Å². The lowest BCUT2D eigenvalue weighted by atomic mass is 10.2. The van der Waals surface area contributed by atoms with E-state index in [0.717, 1.165) is 5.75 Å². The van der Waals surface area contributed by atoms with Gasteiger partial charge in [-0.05, 0) is 55.5 Å². The van der Waals surface area contributed by atoms with Gasteiger partial charge in [-0.3, -0.25) is 4.79 Å². The highest BCUT2D eigenvalue weighted by molar-refractivity contribution is 5.97. The van der Waals surface area contributed by atoms with Crippen LogP contribution in [0.25, 0.3) is 0 Å². The van der Waals surface area contributed by atoms with Gasteiger partial charge in [0.05, 0.1) is 12.6 Å². The first-order chi connectivity index (χ1) is 12.5. The summed E-state index contributed by atoms with van der Waals surface area (Å²) in [6.45, 7) is 2.83. The average Bonchev–Trinajstić information content (AvgIpc) is 2.97. The van der Waals surface area contributed by atoms with Gasteiger partial charge in [0.1, 0.15) is 11.6 Å². The summed E-state index contributed by atoms with van der Waals surface area (Å²) in [6, 6.07) is 12.1. The molecule has 136 valence electrons. The molecule has 1 aliphatic heterocycles. The Bertz CT molecular complexity index is 778. The van der Waals surface area contributed by atoms with Crippen molar-refractivity contribution in [2.45, 2.75) is 19.4 Å². The van der Waals surface area contributed by atoms with Gasteiger partial charge >= 0.3 is 6.03 Å². The molecule has 1 heterocycles. The van der Waals surface area contributed by atoms with E-state index in [2.05, 4.69) is 10.6 Å². The molecule has 0 aromatic heterocycles. The maximum Gasteiger partial charge on any atom is 0.319 e. The van der Waals surface area contributed by atoms with Gasteiger partial charge in [0.15, 0.2) is 0 Å². The molecule has 26 heavy (non-hydrogen) atoms. The summed E-state index contributed by atoms with van der Waals surface area (Å²) in [4.78, 5) is 25.8. The number of hydrogen-bond acceptors (Lipinski definition) is 3. The third kappa shape index (κ3) is 4.30. The molecular weight excluding hydrogens is 337 g/mol. The van der Waals surface area contributed by atoms with Crippen molar-refractivity contribution in [2.24, 2.45) is 0 Å². The molecule has 1 fully saturated rings. The van der Waals surface area contributed by atoms with E-state index in [1.807, 2.05) is 6.92 Å². The van der Waals surface area contributed by atoms with Gasteiger partial charge < -0.3 is 20.3 Å². The second-order valence-corrected chi connectivity index (χ2v) is 5.94. The van der Waals surface area contributed by atoms with Crippen LogP contribution in [-0.4, -0.2) is 31.1 Å². The summed E-state index contributed by atoms with van der Waals surface area (Å²) in [5, 5.41) is 5.52. The lowest BCUT2D eigenvalue weighted by molar-refractivity contribution is -0.117. The van der Waals surface area contributed by atoms with Gasteiger partial charge in [-0.25, -0.2) is 9.18 Å². The van der Waals surface area contributed by atoms with E-state index >= 15 is 0 Å². The maximum atomic E-state index is 13.0. The third-order valence-corrected chi connectivity index (χ3v) is 4.02. The van der Waals surface area contributed by atoms with Crippen molar-refractivity contribution in [3.05, 3.63) is 54.3 Å². The first kappa shape index (κ1) is 17.7. The second kappa shape index (κ2) is 7.86. The zero-order valence-electron chi connectivity index (χ0n) is 14.4. The first-order valence-electron chi connectivity index (χ1n) is 8.41. The maximum absolute atomic E-state index is 13.0. The molecule has 1 saturated heterocycles. The standard InChI is InChI=1S/C19H20FN3O3/c1-2-26-17-9-5-14(6-10-17)21-19(25)22-15-11-18(24)23(12-15)16-7-3-13(20)4-8-16/h3-10,15H,2,11-12H2,1H3,(H2,21,22,25)/t15-/m1/s1. The van der Waals surface area contributed by atoms with E-state index in [0.29, 0.717) is 24.5 Å². The number of ether oxygens (including phenoxy) is 1. The molecular formula is C19H20FN3O3. The Kier molecular flexibility index (Phi) is 5.36. The predicted octanol–water partition coefficient (Wildman–Crippen LogP) is 3.15. The summed E-state index contributed by atoms with van der Waals surface area (Å²) in [7, 11) is 0. The van der Waals surface area contributed by atoms with Gasteiger partial charge in [0.25, 0.3) is 0 Å². The van der Waals surface area contributed by atoms with Crippen LogP contribution in [0.3, 0.4) is 0 Å². The summed E-state index contributed by atoms with van der Waals surface area (Å²) in [6.07, 6.45) is 0.202. The zero-order valence-corrected chi connectivity index (χ0v) is 14.4. The van der Waals surface area contributed by atoms with Crippen LogP contribution in [-0.2, 0) is 4.79 Å². The van der Waals surface area contributed by atoms with Crippen LogP contribution in [0.15, 0.2) is 48.5 Å². The number of nitrogens with zero attached hydrogens (tertiary/aromatic N) is 1. The van der Waals surface area contributed by atoms with Gasteiger partial charge in [0.2, 0.25) is 5.91 Å². The lowest BCUT2D eigenvalue weighted by Gasteiger charge is -2.17. The van der Waals surface area contributed by atoms with Crippen LogP contribution in [0.5, 0.6) is 5.75 Å². The molecule has 1 aliphatic rings. The molecule has 0 spiro atoms. The highest BCUT2D eigenvalue weighted by Gasteiger charge is 2.31. The van der Waals surface area contributed by atoms with Crippen LogP contribution < -0.4 is 20.3 Å². The number of urea groups is 1. The fourth-order valence-corrected chi connectivity index (χ4v) is 2.83. The minimum absolute atomic E-state index is 0.108. The molecule has 0 radical (unpaired) electrons. The van der Waals surface area contributed by atoms with E-state index in [-0.39, 0.29) is 30.2 Å². The third-order valence-electron chi connectivity index (χ3n) is 4.02. The van der Waals surface area contributed by atoms with Gasteiger partial charge in [0, 0.05) is 24.3 Å². The number of rotatable bonds is 5. The van der Waals surface area contributed by atoms with Crippen LogP contribution in [0, 0.1) is 5.82 Å². The summed E-state index contributed by atoms with van der Waals surface area (Å²) in [5.41, 5.74) is 1.25. The summed E-state index contributed by atoms with van der Waals surface area (Å²) < 4.78 is 18.4. The van der Waals surface area contributed by atoms with Crippen molar-refractivity contribution >= 4 is 23.3 Å². The predicted molar refractivity (Wildman–Crippen MR) is 96.9 cm³/mol. The van der Waals surface area contributed by atoms with Crippen molar-refractivity contribution in [1.82, 2.24) is 5.32 Å². The molecule has 0 unspecified atom stereocenters. The first-order valence-corrected chi connectivity index (χ1v) is 8.41. The normalized spacial score (nSPS) is 16.5. The Balaban J connectivity index is 1.55. The van der Waals surface area contributed by atoms with E-state index < -0.39 is 0 Å². The van der Waals surface area contributed by atoms with Gasteiger partial charge in [-0.2, -0.15) is 0 Å². The van der Waals surface area contributed by atoms with Crippen molar-refractivity contribution in [3.8, 4) is 5.75 Å². The smallest absolute Gasteiger partial charge is 0.319 e. The Hall–Kier alpha value is -3.09. The molecule has 1 atom stereocenters. The van der Waals surface area contributed by atoms with E-state index in [4.69, 9.17) is 4.74 Å². The number of amides is 3. The van der Waals surface area contributed by atoms with Crippen LogP contribution >= 0.6 is 0 Å². The average molecular weight is 357 g/mol. The van der Waals surface area contributed by atoms with Crippen molar-refractivity contribution in [2.75, 3.05) is 23.4 Å². The summed E-state index contributed by atoms with van der Waals surface area (Å²) in [5.74, 6) is 0.266. The number of nitrogens with one attached hydrogen (secondary N) is 2. The van der Waals surface area contributed by atoms with E-state index in [9.17, 15) is 14.0 Å². The Morgan fingerprint density at radius 3 is 2.54 bits per heavy atom. The quantitative estimate of drug-likeness (QED) is 0.864. The number of carbonyl (C=O) groups is 2. The molecule has 3 rings (SSSR count). The minimum atomic E-state index is -0.382. The monoisotopic (exact) mass is 357 g/mol. The topological polar surface area (TPSA) is 70.7 Å². The molecule has 2 N–H and O–H groups in total. The molecule has 0 aliphatic carbocycles. The van der Waals surface area contributed by atoms with Gasteiger partial charge in [-0.1, -0.05) is 0 Å². The minimum Gasteiger partial charge on any atom is -0.494 e. The largest absolute Gasteiger partial charge is 0.494 e. The molecule has 3 amide bonds. The SMILES string of the molecule is CCOc1ccc(NC(=O)N[C@@H]2CC(=O)N(c3ccc(F)cc3)C2)cc1. The van der Waals surface area contributed by atoms with Crippen molar-refractivity contribution in [3.63, 3.8) is 0 Å². The van der Waals surface area contributed by atoms with E-state index in [1.54, 1.807) is 41.3 Å². The zero-order chi connectivity index (χ0) is 18.5. The number of halogens is 1. The Morgan fingerprint density at radius 1 is 1.19 bits per heavy atom. The van der Waals surface area contributed by atoms with Crippen LogP contribution in [0.2, 0.25) is 0 Å². The Morgan fingerprint density at radius 2 is 1.88 bits per heavy atom. The van der Waals surface area contributed by atoms with E-state index in [1.165, 1.54) is 12.1 Å². The molecule has 0 bridgehead atoms. The molecule has 2 aromatic carbocycles. The highest BCUT2D eigenvalue weighted by Crippen LogP contribution is 2.22. The number of benzene rings is 2. The van der Waals surface area contributed by atoms with Crippen molar-refractivity contribution in [1.29, 1.82) is 0 Å². The van der Waals surface area contributed by atoms with Gasteiger partial charge in [-0.15, -0.1) is 0 Å². The molecule has 7 heteroatoms. The molecule has 6 nitrogen and oxygen atoms in total. The number of hydrogen-bond donors (Lipinski definition) is 2. The summed E-state index contributed by atoms with van der Waals surface area (Å²) >= 11 is 0. The second-order valence-electron chi connectivity index (χ2n) is 5.94. The Labute approximate surface area is 150 Å². The highest BCUT2D eigenvalue weighted by atomic mass is 19.1. The molecule has 2 aromatic rings.